The van der Waals surface area contributed by atoms with Crippen molar-refractivity contribution < 1.29 is 9.53 Å². The van der Waals surface area contributed by atoms with Crippen molar-refractivity contribution in [3.05, 3.63) is 35.4 Å². The van der Waals surface area contributed by atoms with E-state index in [-0.39, 0.29) is 5.91 Å². The number of nitrogens with zero attached hydrogens (tertiary/aromatic N) is 1. The van der Waals surface area contributed by atoms with Gasteiger partial charge in [-0.15, -0.1) is 0 Å². The third-order valence-electron chi connectivity index (χ3n) is 4.53. The highest BCUT2D eigenvalue weighted by atomic mass is 16.5. The fourth-order valence-corrected chi connectivity index (χ4v) is 2.96. The number of nitrogens with one attached hydrogen (secondary N) is 2. The standard InChI is InChI=1S/C19H31N3O2/c1-16-6-9-22(10-7-16)15-18-5-3-4-17(12-18)13-21-19(23)14-20-8-11-24-2/h3-5,12,16,20H,6-11,13-15H2,1-2H3,(H,21,23). The Balaban J connectivity index is 1.73. The third-order valence-corrected chi connectivity index (χ3v) is 4.53. The molecule has 1 heterocycles. The van der Waals surface area contributed by atoms with Crippen LogP contribution in [-0.2, 0) is 22.6 Å². The fraction of sp³-hybridized carbons (Fsp3) is 0.632. The van der Waals surface area contributed by atoms with Crippen molar-refractivity contribution in [2.45, 2.75) is 32.9 Å². The van der Waals surface area contributed by atoms with Gasteiger partial charge in [-0.1, -0.05) is 31.2 Å². The van der Waals surface area contributed by atoms with Gasteiger partial charge in [0, 0.05) is 26.7 Å². The minimum atomic E-state index is 0.0153. The van der Waals surface area contributed by atoms with Crippen LogP contribution in [0.1, 0.15) is 30.9 Å². The second kappa shape index (κ2) is 10.4. The number of rotatable bonds is 9. The molecule has 0 unspecified atom stereocenters. The number of benzene rings is 1. The van der Waals surface area contributed by atoms with Crippen molar-refractivity contribution in [3.8, 4) is 0 Å². The Kier molecular flexibility index (Phi) is 8.22. The average Bonchev–Trinajstić information content (AvgIpc) is 2.59. The minimum absolute atomic E-state index is 0.0153. The van der Waals surface area contributed by atoms with Crippen molar-refractivity contribution in [2.75, 3.05) is 39.9 Å². The van der Waals surface area contributed by atoms with Gasteiger partial charge in [-0.2, -0.15) is 0 Å². The second-order valence-corrected chi connectivity index (χ2v) is 6.72. The van der Waals surface area contributed by atoms with Crippen LogP contribution in [-0.4, -0.2) is 50.7 Å². The van der Waals surface area contributed by atoms with Gasteiger partial charge in [0.25, 0.3) is 0 Å². The van der Waals surface area contributed by atoms with E-state index in [1.165, 1.54) is 31.5 Å². The van der Waals surface area contributed by atoms with E-state index in [1.54, 1.807) is 7.11 Å². The Morgan fingerprint density at radius 3 is 2.79 bits per heavy atom. The molecule has 2 rings (SSSR count). The number of carbonyl (C=O) groups is 1. The smallest absolute Gasteiger partial charge is 0.234 e. The lowest BCUT2D eigenvalue weighted by atomic mass is 9.98. The monoisotopic (exact) mass is 333 g/mol. The molecular formula is C19H31N3O2. The molecule has 1 amide bonds. The van der Waals surface area contributed by atoms with Crippen LogP contribution in [0.25, 0.3) is 0 Å². The summed E-state index contributed by atoms with van der Waals surface area (Å²) in [4.78, 5) is 14.3. The summed E-state index contributed by atoms with van der Waals surface area (Å²) in [6.07, 6.45) is 2.59. The van der Waals surface area contributed by atoms with Crippen LogP contribution in [0, 0.1) is 5.92 Å². The lowest BCUT2D eigenvalue weighted by molar-refractivity contribution is -0.120. The van der Waals surface area contributed by atoms with Crippen LogP contribution in [0.15, 0.2) is 24.3 Å². The molecule has 0 saturated carbocycles. The van der Waals surface area contributed by atoms with E-state index in [0.717, 1.165) is 18.0 Å². The van der Waals surface area contributed by atoms with Crippen molar-refractivity contribution in [3.63, 3.8) is 0 Å². The van der Waals surface area contributed by atoms with E-state index in [0.29, 0.717) is 26.2 Å². The van der Waals surface area contributed by atoms with Gasteiger partial charge in [-0.25, -0.2) is 0 Å². The molecule has 0 aromatic heterocycles. The molecule has 0 radical (unpaired) electrons. The van der Waals surface area contributed by atoms with Gasteiger partial charge in [0.15, 0.2) is 0 Å². The average molecular weight is 333 g/mol. The summed E-state index contributed by atoms with van der Waals surface area (Å²) < 4.78 is 4.94. The Bertz CT molecular complexity index is 499. The Hall–Kier alpha value is -1.43. The Labute approximate surface area is 145 Å². The lowest BCUT2D eigenvalue weighted by Crippen LogP contribution is -2.35. The molecule has 24 heavy (non-hydrogen) atoms. The first-order valence-corrected chi connectivity index (χ1v) is 8.94. The van der Waals surface area contributed by atoms with Crippen molar-refractivity contribution >= 4 is 5.91 Å². The summed E-state index contributed by atoms with van der Waals surface area (Å²) in [6.45, 7) is 7.94. The summed E-state index contributed by atoms with van der Waals surface area (Å²) in [6, 6.07) is 8.53. The van der Waals surface area contributed by atoms with Crippen LogP contribution in [0.2, 0.25) is 0 Å². The normalized spacial score (nSPS) is 16.2. The van der Waals surface area contributed by atoms with E-state index in [4.69, 9.17) is 4.74 Å². The van der Waals surface area contributed by atoms with Crippen LogP contribution >= 0.6 is 0 Å². The number of hydrogen-bond acceptors (Lipinski definition) is 4. The lowest BCUT2D eigenvalue weighted by Gasteiger charge is -2.30. The van der Waals surface area contributed by atoms with Gasteiger partial charge >= 0.3 is 0 Å². The Morgan fingerprint density at radius 1 is 1.29 bits per heavy atom. The highest BCUT2D eigenvalue weighted by molar-refractivity contribution is 5.77. The molecule has 1 aromatic carbocycles. The topological polar surface area (TPSA) is 53.6 Å². The number of ether oxygens (including phenoxy) is 1. The molecule has 5 heteroatoms. The maximum absolute atomic E-state index is 11.8. The predicted octanol–water partition coefficient (Wildman–Crippen LogP) is 1.77. The first-order valence-electron chi connectivity index (χ1n) is 8.94. The molecular weight excluding hydrogens is 302 g/mol. The van der Waals surface area contributed by atoms with E-state index in [9.17, 15) is 4.79 Å². The predicted molar refractivity (Wildman–Crippen MR) is 96.7 cm³/mol. The maximum atomic E-state index is 11.8. The largest absolute Gasteiger partial charge is 0.383 e. The molecule has 0 aliphatic carbocycles. The van der Waals surface area contributed by atoms with Gasteiger partial charge in [0.05, 0.1) is 13.2 Å². The molecule has 134 valence electrons. The molecule has 1 aliphatic heterocycles. The van der Waals surface area contributed by atoms with E-state index >= 15 is 0 Å². The third kappa shape index (κ3) is 6.99. The van der Waals surface area contributed by atoms with E-state index in [1.807, 2.05) is 0 Å². The second-order valence-electron chi connectivity index (χ2n) is 6.72. The number of carbonyl (C=O) groups excluding carboxylic acids is 1. The Morgan fingerprint density at radius 2 is 2.04 bits per heavy atom. The number of likely N-dealkylation sites (tertiary alicyclic amines) is 1. The number of piperidine rings is 1. The molecule has 2 N–H and O–H groups in total. The van der Waals surface area contributed by atoms with Gasteiger partial charge in [0.2, 0.25) is 5.91 Å². The van der Waals surface area contributed by atoms with Gasteiger partial charge in [0.1, 0.15) is 0 Å². The van der Waals surface area contributed by atoms with Crippen molar-refractivity contribution in [1.29, 1.82) is 0 Å². The van der Waals surface area contributed by atoms with Gasteiger partial charge in [-0.05, 0) is 43.0 Å². The van der Waals surface area contributed by atoms with Crippen LogP contribution < -0.4 is 10.6 Å². The number of amides is 1. The highest BCUT2D eigenvalue weighted by Crippen LogP contribution is 2.18. The summed E-state index contributed by atoms with van der Waals surface area (Å²) in [5.41, 5.74) is 2.48. The van der Waals surface area contributed by atoms with E-state index < -0.39 is 0 Å². The highest BCUT2D eigenvalue weighted by Gasteiger charge is 2.15. The SMILES string of the molecule is COCCNCC(=O)NCc1cccc(CN2CCC(C)CC2)c1. The minimum Gasteiger partial charge on any atom is -0.383 e. The summed E-state index contributed by atoms with van der Waals surface area (Å²) in [7, 11) is 1.65. The summed E-state index contributed by atoms with van der Waals surface area (Å²) >= 11 is 0. The van der Waals surface area contributed by atoms with E-state index in [2.05, 4.69) is 46.7 Å². The molecule has 0 atom stereocenters. The molecule has 1 aliphatic rings. The maximum Gasteiger partial charge on any atom is 0.234 e. The zero-order chi connectivity index (χ0) is 17.2. The van der Waals surface area contributed by atoms with Gasteiger partial charge < -0.3 is 15.4 Å². The zero-order valence-corrected chi connectivity index (χ0v) is 15.0. The molecule has 1 fully saturated rings. The van der Waals surface area contributed by atoms with Crippen LogP contribution in [0.3, 0.4) is 0 Å². The molecule has 5 nitrogen and oxygen atoms in total. The van der Waals surface area contributed by atoms with Crippen molar-refractivity contribution in [2.24, 2.45) is 5.92 Å². The summed E-state index contributed by atoms with van der Waals surface area (Å²) in [5, 5.41) is 6.00. The summed E-state index contributed by atoms with van der Waals surface area (Å²) in [5.74, 6) is 0.877. The first-order chi connectivity index (χ1) is 11.7. The quantitative estimate of drug-likeness (QED) is 0.676. The van der Waals surface area contributed by atoms with Crippen molar-refractivity contribution in [1.82, 2.24) is 15.5 Å². The fourth-order valence-electron chi connectivity index (χ4n) is 2.96. The molecule has 1 aromatic rings. The zero-order valence-electron chi connectivity index (χ0n) is 15.0. The van der Waals surface area contributed by atoms with Gasteiger partial charge in [-0.3, -0.25) is 9.69 Å². The first kappa shape index (κ1) is 18.9. The van der Waals surface area contributed by atoms with Crippen LogP contribution in [0.5, 0.6) is 0 Å². The van der Waals surface area contributed by atoms with Crippen LogP contribution in [0.4, 0.5) is 0 Å². The molecule has 0 spiro atoms. The number of methoxy groups -OCH3 is 1. The molecule has 0 bridgehead atoms. The molecule has 1 saturated heterocycles. The number of hydrogen-bond donors (Lipinski definition) is 2.